The third-order valence-electron chi connectivity index (χ3n) is 3.92. The zero-order valence-electron chi connectivity index (χ0n) is 12.1. The highest BCUT2D eigenvalue weighted by molar-refractivity contribution is 5.11. The molecule has 0 radical (unpaired) electrons. The van der Waals surface area contributed by atoms with E-state index in [-0.39, 0.29) is 6.04 Å². The standard InChI is InChI=1S/C14H22N6/c1-18(8-11-6-17-19(2)9-11)13(5-15)14-7-16-10-20(14)12-3-4-12/h6-7,9-10,12-13H,3-5,8,15H2,1-2H3. The predicted octanol–water partition coefficient (Wildman–Crippen LogP) is 1.08. The number of hydrogen-bond donors (Lipinski definition) is 1. The van der Waals surface area contributed by atoms with Gasteiger partial charge >= 0.3 is 0 Å². The molecule has 2 heterocycles. The summed E-state index contributed by atoms with van der Waals surface area (Å²) < 4.78 is 4.12. The smallest absolute Gasteiger partial charge is 0.0951 e. The van der Waals surface area contributed by atoms with Crippen molar-refractivity contribution in [3.05, 3.63) is 36.2 Å². The van der Waals surface area contributed by atoms with Gasteiger partial charge in [0, 0.05) is 44.1 Å². The minimum absolute atomic E-state index is 0.193. The summed E-state index contributed by atoms with van der Waals surface area (Å²) >= 11 is 0. The molecule has 1 unspecified atom stereocenters. The maximum atomic E-state index is 6.01. The first-order valence-electron chi connectivity index (χ1n) is 7.08. The molecule has 6 nitrogen and oxygen atoms in total. The van der Waals surface area contributed by atoms with Gasteiger partial charge in [0.2, 0.25) is 0 Å². The Morgan fingerprint density at radius 3 is 2.85 bits per heavy atom. The van der Waals surface area contributed by atoms with Crippen molar-refractivity contribution < 1.29 is 0 Å². The Morgan fingerprint density at radius 2 is 2.25 bits per heavy atom. The van der Waals surface area contributed by atoms with E-state index in [1.54, 1.807) is 0 Å². The van der Waals surface area contributed by atoms with Gasteiger partial charge in [-0.15, -0.1) is 0 Å². The number of rotatable bonds is 6. The molecule has 3 rings (SSSR count). The highest BCUT2D eigenvalue weighted by atomic mass is 15.2. The maximum absolute atomic E-state index is 6.01. The molecule has 20 heavy (non-hydrogen) atoms. The lowest BCUT2D eigenvalue weighted by Gasteiger charge is -2.27. The van der Waals surface area contributed by atoms with Crippen molar-refractivity contribution >= 4 is 0 Å². The summed E-state index contributed by atoms with van der Waals surface area (Å²) in [6.07, 6.45) is 10.4. The van der Waals surface area contributed by atoms with E-state index < -0.39 is 0 Å². The highest BCUT2D eigenvalue weighted by Crippen LogP contribution is 2.37. The Kier molecular flexibility index (Phi) is 3.58. The van der Waals surface area contributed by atoms with E-state index in [2.05, 4.69) is 26.6 Å². The van der Waals surface area contributed by atoms with Crippen molar-refractivity contribution in [1.82, 2.24) is 24.2 Å². The van der Waals surface area contributed by atoms with Crippen LogP contribution in [0.1, 0.15) is 36.2 Å². The average molecular weight is 274 g/mol. The number of nitrogens with two attached hydrogens (primary N) is 1. The van der Waals surface area contributed by atoms with Crippen molar-refractivity contribution in [1.29, 1.82) is 0 Å². The summed E-state index contributed by atoms with van der Waals surface area (Å²) in [6.45, 7) is 1.43. The second-order valence-electron chi connectivity index (χ2n) is 5.65. The molecule has 2 N–H and O–H groups in total. The summed E-state index contributed by atoms with van der Waals surface area (Å²) in [7, 11) is 4.04. The summed E-state index contributed by atoms with van der Waals surface area (Å²) in [5, 5.41) is 4.21. The number of aromatic nitrogens is 4. The third-order valence-corrected chi connectivity index (χ3v) is 3.92. The van der Waals surface area contributed by atoms with Gasteiger partial charge in [0.1, 0.15) is 0 Å². The minimum Gasteiger partial charge on any atom is -0.330 e. The molecule has 1 fully saturated rings. The van der Waals surface area contributed by atoms with Crippen LogP contribution in [0.3, 0.4) is 0 Å². The molecule has 0 bridgehead atoms. The molecule has 0 amide bonds. The first-order chi connectivity index (χ1) is 9.69. The highest BCUT2D eigenvalue weighted by Gasteiger charge is 2.29. The molecule has 0 saturated heterocycles. The fourth-order valence-corrected chi connectivity index (χ4v) is 2.71. The summed E-state index contributed by atoms with van der Waals surface area (Å²) in [6, 6.07) is 0.826. The van der Waals surface area contributed by atoms with Gasteiger partial charge in [-0.05, 0) is 19.9 Å². The second-order valence-corrected chi connectivity index (χ2v) is 5.65. The number of imidazole rings is 1. The molecule has 1 atom stereocenters. The first-order valence-corrected chi connectivity index (χ1v) is 7.08. The van der Waals surface area contributed by atoms with Gasteiger partial charge in [0.15, 0.2) is 0 Å². The molecule has 0 spiro atoms. The Morgan fingerprint density at radius 1 is 1.45 bits per heavy atom. The van der Waals surface area contributed by atoms with Crippen molar-refractivity contribution in [2.75, 3.05) is 13.6 Å². The SMILES string of the molecule is CN(Cc1cnn(C)c1)C(CN)c1cncn1C1CC1. The molecule has 0 aliphatic heterocycles. The van der Waals surface area contributed by atoms with Gasteiger partial charge in [-0.25, -0.2) is 4.98 Å². The van der Waals surface area contributed by atoms with E-state index in [0.29, 0.717) is 12.6 Å². The lowest BCUT2D eigenvalue weighted by molar-refractivity contribution is 0.232. The number of hydrogen-bond acceptors (Lipinski definition) is 4. The van der Waals surface area contributed by atoms with Crippen LogP contribution in [0.2, 0.25) is 0 Å². The van der Waals surface area contributed by atoms with Gasteiger partial charge < -0.3 is 10.3 Å². The van der Waals surface area contributed by atoms with Crippen LogP contribution in [-0.4, -0.2) is 37.8 Å². The molecule has 2 aromatic heterocycles. The average Bonchev–Trinajstić information content (AvgIpc) is 3.02. The topological polar surface area (TPSA) is 64.9 Å². The monoisotopic (exact) mass is 274 g/mol. The van der Waals surface area contributed by atoms with Crippen LogP contribution < -0.4 is 5.73 Å². The van der Waals surface area contributed by atoms with E-state index >= 15 is 0 Å². The summed E-state index contributed by atoms with van der Waals surface area (Å²) in [4.78, 5) is 6.58. The van der Waals surface area contributed by atoms with Crippen LogP contribution in [-0.2, 0) is 13.6 Å². The van der Waals surface area contributed by atoms with Gasteiger partial charge in [-0.1, -0.05) is 0 Å². The van der Waals surface area contributed by atoms with Crippen LogP contribution in [0.5, 0.6) is 0 Å². The fraction of sp³-hybridized carbons (Fsp3) is 0.571. The normalized spacial score (nSPS) is 16.8. The Bertz CT molecular complexity index is 568. The van der Waals surface area contributed by atoms with Gasteiger partial charge in [-0.3, -0.25) is 9.58 Å². The van der Waals surface area contributed by atoms with E-state index in [9.17, 15) is 0 Å². The largest absolute Gasteiger partial charge is 0.330 e. The fourth-order valence-electron chi connectivity index (χ4n) is 2.71. The molecule has 1 aliphatic carbocycles. The van der Waals surface area contributed by atoms with Crippen molar-refractivity contribution in [2.45, 2.75) is 31.5 Å². The molecule has 2 aromatic rings. The van der Waals surface area contributed by atoms with Crippen molar-refractivity contribution in [3.63, 3.8) is 0 Å². The van der Waals surface area contributed by atoms with Crippen molar-refractivity contribution in [3.8, 4) is 0 Å². The van der Waals surface area contributed by atoms with E-state index in [4.69, 9.17) is 5.73 Å². The first kappa shape index (κ1) is 13.3. The Labute approximate surface area is 119 Å². The predicted molar refractivity (Wildman–Crippen MR) is 77.0 cm³/mol. The van der Waals surface area contributed by atoms with Gasteiger partial charge in [0.05, 0.1) is 24.3 Å². The molecule has 0 aromatic carbocycles. The molecular formula is C14H22N6. The molecule has 6 heteroatoms. The van der Waals surface area contributed by atoms with Crippen LogP contribution in [0.4, 0.5) is 0 Å². The maximum Gasteiger partial charge on any atom is 0.0951 e. The summed E-state index contributed by atoms with van der Waals surface area (Å²) in [5.74, 6) is 0. The quantitative estimate of drug-likeness (QED) is 0.856. The van der Waals surface area contributed by atoms with Crippen LogP contribution >= 0.6 is 0 Å². The number of aryl methyl sites for hydroxylation is 1. The van der Waals surface area contributed by atoms with Gasteiger partial charge in [-0.2, -0.15) is 5.10 Å². The third kappa shape index (κ3) is 2.62. The van der Waals surface area contributed by atoms with Crippen LogP contribution in [0.25, 0.3) is 0 Å². The van der Waals surface area contributed by atoms with E-state index in [0.717, 1.165) is 6.54 Å². The number of likely N-dealkylation sites (N-methyl/N-ethyl adjacent to an activating group) is 1. The lowest BCUT2D eigenvalue weighted by Crippen LogP contribution is -2.31. The Hall–Kier alpha value is -1.66. The molecular weight excluding hydrogens is 252 g/mol. The van der Waals surface area contributed by atoms with Crippen LogP contribution in [0.15, 0.2) is 24.9 Å². The Balaban J connectivity index is 1.76. The minimum atomic E-state index is 0.193. The zero-order valence-corrected chi connectivity index (χ0v) is 12.1. The lowest BCUT2D eigenvalue weighted by atomic mass is 10.1. The van der Waals surface area contributed by atoms with Gasteiger partial charge in [0.25, 0.3) is 0 Å². The second kappa shape index (κ2) is 5.38. The molecule has 1 saturated carbocycles. The molecule has 1 aliphatic rings. The van der Waals surface area contributed by atoms with Crippen molar-refractivity contribution in [2.24, 2.45) is 12.8 Å². The summed E-state index contributed by atoms with van der Waals surface area (Å²) in [5.41, 5.74) is 8.43. The van der Waals surface area contributed by atoms with E-state index in [1.165, 1.54) is 24.1 Å². The number of nitrogens with zero attached hydrogens (tertiary/aromatic N) is 5. The zero-order chi connectivity index (χ0) is 14.1. The van der Waals surface area contributed by atoms with E-state index in [1.807, 2.05) is 36.6 Å². The molecule has 108 valence electrons. The van der Waals surface area contributed by atoms with Crippen LogP contribution in [0, 0.1) is 0 Å².